The predicted molar refractivity (Wildman–Crippen MR) is 122 cm³/mol. The second-order valence-electron chi connectivity index (χ2n) is 7.07. The molecular formula is C22H18Cl2FN3O2S. The lowest BCUT2D eigenvalue weighted by atomic mass is 9.92. The number of nitrogens with zero attached hydrogens (tertiary/aromatic N) is 1. The minimum absolute atomic E-state index is 0.000189. The third kappa shape index (κ3) is 3.94. The van der Waals surface area contributed by atoms with Crippen molar-refractivity contribution in [2.45, 2.75) is 17.7 Å². The molecule has 2 aromatic carbocycles. The maximum atomic E-state index is 14.0. The highest BCUT2D eigenvalue weighted by Crippen LogP contribution is 2.39. The molecule has 0 amide bonds. The van der Waals surface area contributed by atoms with E-state index in [4.69, 9.17) is 23.2 Å². The van der Waals surface area contributed by atoms with Gasteiger partial charge in [0.2, 0.25) is 10.0 Å². The van der Waals surface area contributed by atoms with Gasteiger partial charge in [0.05, 0.1) is 9.92 Å². The standard InChI is InChI=1S/C22H18Cl2FN3O2S/c1-12(20-18(23)7-8-19(25)21(20)24)17-11-28-22-16(17)9-14(10-27-22)13-3-5-15(6-4-13)31(29,30)26-2/h3-12,26H,1-2H3,(H,27,28). The molecule has 0 radical (unpaired) electrons. The Morgan fingerprint density at radius 2 is 1.81 bits per heavy atom. The van der Waals surface area contributed by atoms with Gasteiger partial charge in [-0.25, -0.2) is 22.5 Å². The van der Waals surface area contributed by atoms with E-state index in [1.165, 1.54) is 31.3 Å². The maximum Gasteiger partial charge on any atom is 0.240 e. The van der Waals surface area contributed by atoms with Gasteiger partial charge in [-0.05, 0) is 54.1 Å². The Bertz CT molecular complexity index is 1390. The van der Waals surface area contributed by atoms with Crippen molar-refractivity contribution in [3.05, 3.63) is 81.8 Å². The van der Waals surface area contributed by atoms with Gasteiger partial charge in [0.1, 0.15) is 11.5 Å². The Labute approximate surface area is 189 Å². The summed E-state index contributed by atoms with van der Waals surface area (Å²) in [6, 6.07) is 11.2. The Morgan fingerprint density at radius 1 is 1.10 bits per heavy atom. The van der Waals surface area contributed by atoms with Crippen LogP contribution in [0.5, 0.6) is 0 Å². The van der Waals surface area contributed by atoms with Gasteiger partial charge >= 0.3 is 0 Å². The number of pyridine rings is 1. The lowest BCUT2D eigenvalue weighted by Gasteiger charge is -2.16. The first-order valence-corrected chi connectivity index (χ1v) is 11.6. The van der Waals surface area contributed by atoms with Crippen molar-refractivity contribution in [1.29, 1.82) is 0 Å². The van der Waals surface area contributed by atoms with E-state index >= 15 is 0 Å². The first-order valence-electron chi connectivity index (χ1n) is 9.37. The van der Waals surface area contributed by atoms with E-state index in [1.54, 1.807) is 18.3 Å². The number of hydrogen-bond acceptors (Lipinski definition) is 3. The monoisotopic (exact) mass is 477 g/mol. The van der Waals surface area contributed by atoms with E-state index in [0.717, 1.165) is 22.1 Å². The fourth-order valence-corrected chi connectivity index (χ4v) is 5.01. The quantitative estimate of drug-likeness (QED) is 0.360. The average molecular weight is 478 g/mol. The highest BCUT2D eigenvalue weighted by atomic mass is 35.5. The topological polar surface area (TPSA) is 74.8 Å². The maximum absolute atomic E-state index is 14.0. The molecule has 0 aliphatic rings. The number of benzene rings is 2. The van der Waals surface area contributed by atoms with Gasteiger partial charge in [0.25, 0.3) is 0 Å². The van der Waals surface area contributed by atoms with Crippen molar-refractivity contribution in [1.82, 2.24) is 14.7 Å². The molecule has 1 unspecified atom stereocenters. The summed E-state index contributed by atoms with van der Waals surface area (Å²) in [5.74, 6) is -0.812. The zero-order valence-electron chi connectivity index (χ0n) is 16.6. The van der Waals surface area contributed by atoms with Gasteiger partial charge in [0.15, 0.2) is 0 Å². The SMILES string of the molecule is CNS(=O)(=O)c1ccc(-c2cnc3[nH]cc(C(C)c4c(Cl)ccc(F)c4Cl)c3c2)cc1. The molecule has 0 bridgehead atoms. The summed E-state index contributed by atoms with van der Waals surface area (Å²) in [5, 5.41) is 1.23. The summed E-state index contributed by atoms with van der Waals surface area (Å²) in [7, 11) is -2.14. The largest absolute Gasteiger partial charge is 0.346 e. The van der Waals surface area contributed by atoms with Crippen molar-refractivity contribution < 1.29 is 12.8 Å². The van der Waals surface area contributed by atoms with Crippen LogP contribution < -0.4 is 4.72 Å². The molecule has 0 aliphatic heterocycles. The summed E-state index contributed by atoms with van der Waals surface area (Å²) >= 11 is 12.5. The van der Waals surface area contributed by atoms with Crippen molar-refractivity contribution in [2.75, 3.05) is 7.05 Å². The summed E-state index contributed by atoms with van der Waals surface area (Å²) in [6.07, 6.45) is 3.52. The first kappa shape index (κ1) is 21.8. The second kappa shape index (κ2) is 8.24. The van der Waals surface area contributed by atoms with E-state index < -0.39 is 15.8 Å². The Hall–Kier alpha value is -2.45. The molecule has 1 atom stereocenters. The number of aromatic amines is 1. The molecule has 0 saturated heterocycles. The van der Waals surface area contributed by atoms with Crippen LogP contribution in [0.2, 0.25) is 10.0 Å². The molecule has 4 aromatic rings. The molecule has 2 aromatic heterocycles. The molecule has 0 fully saturated rings. The van der Waals surface area contributed by atoms with Gasteiger partial charge in [-0.2, -0.15) is 0 Å². The zero-order valence-corrected chi connectivity index (χ0v) is 18.9. The lowest BCUT2D eigenvalue weighted by Crippen LogP contribution is -2.18. The Morgan fingerprint density at radius 3 is 2.48 bits per heavy atom. The van der Waals surface area contributed by atoms with Crippen LogP contribution in [0.25, 0.3) is 22.2 Å². The van der Waals surface area contributed by atoms with E-state index in [0.29, 0.717) is 16.2 Å². The molecule has 0 spiro atoms. The smallest absolute Gasteiger partial charge is 0.240 e. The molecule has 0 saturated carbocycles. The second-order valence-corrected chi connectivity index (χ2v) is 9.75. The predicted octanol–water partition coefficient (Wildman–Crippen LogP) is 5.74. The molecule has 0 aliphatic carbocycles. The Kier molecular flexibility index (Phi) is 5.79. The number of hydrogen-bond donors (Lipinski definition) is 2. The summed E-state index contributed by atoms with van der Waals surface area (Å²) < 4.78 is 40.2. The average Bonchev–Trinajstić information content (AvgIpc) is 3.20. The van der Waals surface area contributed by atoms with Gasteiger partial charge in [-0.1, -0.05) is 42.3 Å². The van der Waals surface area contributed by atoms with Crippen LogP contribution in [-0.2, 0) is 10.0 Å². The van der Waals surface area contributed by atoms with Crippen LogP contribution in [0.3, 0.4) is 0 Å². The third-order valence-corrected chi connectivity index (χ3v) is 7.45. The molecule has 2 N–H and O–H groups in total. The normalized spacial score (nSPS) is 12.9. The number of nitrogens with one attached hydrogen (secondary N) is 2. The molecule has 160 valence electrons. The highest BCUT2D eigenvalue weighted by Gasteiger charge is 2.22. The number of sulfonamides is 1. The Balaban J connectivity index is 1.78. The summed E-state index contributed by atoms with van der Waals surface area (Å²) in [4.78, 5) is 7.79. The fraction of sp³-hybridized carbons (Fsp3) is 0.136. The third-order valence-electron chi connectivity index (χ3n) is 5.31. The summed E-state index contributed by atoms with van der Waals surface area (Å²) in [6.45, 7) is 1.90. The summed E-state index contributed by atoms with van der Waals surface area (Å²) in [5.41, 5.74) is 3.67. The van der Waals surface area contributed by atoms with E-state index in [9.17, 15) is 12.8 Å². The molecular weight excluding hydrogens is 460 g/mol. The molecule has 4 rings (SSSR count). The first-order chi connectivity index (χ1) is 14.7. The fourth-order valence-electron chi connectivity index (χ4n) is 3.58. The molecule has 31 heavy (non-hydrogen) atoms. The highest BCUT2D eigenvalue weighted by molar-refractivity contribution is 7.89. The van der Waals surface area contributed by atoms with Crippen LogP contribution in [-0.4, -0.2) is 25.4 Å². The lowest BCUT2D eigenvalue weighted by molar-refractivity contribution is 0.588. The van der Waals surface area contributed by atoms with Crippen LogP contribution >= 0.6 is 23.2 Å². The molecule has 2 heterocycles. The van der Waals surface area contributed by atoms with Gasteiger partial charge in [-0.3, -0.25) is 0 Å². The molecule has 5 nitrogen and oxygen atoms in total. The van der Waals surface area contributed by atoms with Crippen LogP contribution in [0.1, 0.15) is 24.0 Å². The zero-order chi connectivity index (χ0) is 22.3. The van der Waals surface area contributed by atoms with E-state index in [1.807, 2.05) is 19.2 Å². The minimum atomic E-state index is -3.51. The van der Waals surface area contributed by atoms with Gasteiger partial charge in [-0.15, -0.1) is 0 Å². The van der Waals surface area contributed by atoms with Crippen LogP contribution in [0.4, 0.5) is 4.39 Å². The van der Waals surface area contributed by atoms with Gasteiger partial charge in [0, 0.05) is 34.3 Å². The number of fused-ring (bicyclic) bond motifs is 1. The van der Waals surface area contributed by atoms with Crippen molar-refractivity contribution in [3.8, 4) is 11.1 Å². The van der Waals surface area contributed by atoms with Crippen molar-refractivity contribution >= 4 is 44.3 Å². The van der Waals surface area contributed by atoms with E-state index in [-0.39, 0.29) is 15.8 Å². The number of H-pyrrole nitrogens is 1. The van der Waals surface area contributed by atoms with E-state index in [2.05, 4.69) is 14.7 Å². The van der Waals surface area contributed by atoms with Gasteiger partial charge < -0.3 is 4.98 Å². The number of rotatable bonds is 5. The molecule has 9 heteroatoms. The van der Waals surface area contributed by atoms with Crippen molar-refractivity contribution in [3.63, 3.8) is 0 Å². The van der Waals surface area contributed by atoms with Crippen LogP contribution in [0, 0.1) is 5.82 Å². The minimum Gasteiger partial charge on any atom is -0.346 e. The number of aromatic nitrogens is 2. The van der Waals surface area contributed by atoms with Crippen molar-refractivity contribution in [2.24, 2.45) is 0 Å². The van der Waals surface area contributed by atoms with Crippen LogP contribution in [0.15, 0.2) is 59.8 Å². The number of halogens is 3.